The molecule has 0 spiro atoms. The van der Waals surface area contributed by atoms with Gasteiger partial charge in [-0.2, -0.15) is 13.2 Å². The fourth-order valence-corrected chi connectivity index (χ4v) is 1.94. The monoisotopic (exact) mass is 303 g/mol. The van der Waals surface area contributed by atoms with Crippen molar-refractivity contribution in [3.05, 3.63) is 29.3 Å². The Morgan fingerprint density at radius 3 is 2.57 bits per heavy atom. The highest BCUT2D eigenvalue weighted by Gasteiger charge is 2.26. The number of aryl methyl sites for hydroxylation is 1. The van der Waals surface area contributed by atoms with Gasteiger partial charge in [-0.25, -0.2) is 0 Å². The Labute approximate surface area is 124 Å². The van der Waals surface area contributed by atoms with Gasteiger partial charge in [-0.05, 0) is 31.9 Å². The second-order valence-electron chi connectivity index (χ2n) is 5.70. The van der Waals surface area contributed by atoms with E-state index >= 15 is 0 Å². The number of benzene rings is 1. The van der Waals surface area contributed by atoms with Crippen LogP contribution in [0.3, 0.4) is 0 Å². The van der Waals surface area contributed by atoms with Crippen LogP contribution < -0.4 is 10.1 Å². The Hall–Kier alpha value is -1.23. The molecule has 0 unspecified atom stereocenters. The molecule has 0 aromatic heterocycles. The van der Waals surface area contributed by atoms with Gasteiger partial charge in [0.2, 0.25) is 0 Å². The molecule has 1 N–H and O–H groups in total. The third-order valence-electron chi connectivity index (χ3n) is 2.95. The molecule has 5 heteroatoms. The molecule has 0 amide bonds. The van der Waals surface area contributed by atoms with Gasteiger partial charge < -0.3 is 10.1 Å². The average Bonchev–Trinajstić information content (AvgIpc) is 2.35. The van der Waals surface area contributed by atoms with Crippen LogP contribution in [0, 0.1) is 12.8 Å². The molecule has 0 bridgehead atoms. The van der Waals surface area contributed by atoms with Crippen LogP contribution in [0.25, 0.3) is 0 Å². The average molecular weight is 303 g/mol. The van der Waals surface area contributed by atoms with Crippen LogP contribution >= 0.6 is 0 Å². The van der Waals surface area contributed by atoms with Crippen molar-refractivity contribution in [3.63, 3.8) is 0 Å². The molecule has 2 nitrogen and oxygen atoms in total. The first-order valence-corrected chi connectivity index (χ1v) is 7.27. The van der Waals surface area contributed by atoms with Crippen molar-refractivity contribution in [2.75, 3.05) is 13.2 Å². The van der Waals surface area contributed by atoms with E-state index in [0.29, 0.717) is 18.2 Å². The molecule has 0 fully saturated rings. The number of rotatable bonds is 8. The minimum atomic E-state index is -4.11. The predicted octanol–water partition coefficient (Wildman–Crippen LogP) is 4.46. The lowest BCUT2D eigenvalue weighted by molar-refractivity contribution is -0.136. The molecule has 0 saturated carbocycles. The second-order valence-corrected chi connectivity index (χ2v) is 5.70. The van der Waals surface area contributed by atoms with E-state index < -0.39 is 12.6 Å². The molecular formula is C16H24F3NO. The van der Waals surface area contributed by atoms with Crippen molar-refractivity contribution in [1.29, 1.82) is 0 Å². The van der Waals surface area contributed by atoms with Crippen molar-refractivity contribution in [2.45, 2.75) is 46.3 Å². The molecule has 0 saturated heterocycles. The van der Waals surface area contributed by atoms with Gasteiger partial charge in [-0.1, -0.05) is 31.5 Å². The molecule has 0 aliphatic carbocycles. The molecule has 1 rings (SSSR count). The number of ether oxygens (including phenoxy) is 1. The lowest BCUT2D eigenvalue weighted by Gasteiger charge is -2.14. The third kappa shape index (κ3) is 7.95. The first-order chi connectivity index (χ1) is 9.78. The summed E-state index contributed by atoms with van der Waals surface area (Å²) in [5.74, 6) is 1.21. The van der Waals surface area contributed by atoms with E-state index in [1.54, 1.807) is 0 Å². The van der Waals surface area contributed by atoms with E-state index in [1.165, 1.54) is 0 Å². The summed E-state index contributed by atoms with van der Waals surface area (Å²) in [6.45, 7) is 7.87. The first kappa shape index (κ1) is 17.8. The zero-order chi connectivity index (χ0) is 15.9. The van der Waals surface area contributed by atoms with E-state index in [2.05, 4.69) is 19.2 Å². The van der Waals surface area contributed by atoms with Crippen molar-refractivity contribution in [3.8, 4) is 5.75 Å². The zero-order valence-corrected chi connectivity index (χ0v) is 12.9. The standard InChI is InChI=1S/C16H24F3NO/c1-12(2)10-20-11-14-9-13(3)5-6-15(14)21-8-4-7-16(17,18)19/h5-6,9,12,20H,4,7-8,10-11H2,1-3H3. The molecule has 0 aliphatic rings. The number of halogens is 3. The summed E-state index contributed by atoms with van der Waals surface area (Å²) in [6.07, 6.45) is -4.94. The fraction of sp³-hybridized carbons (Fsp3) is 0.625. The van der Waals surface area contributed by atoms with Crippen LogP contribution in [-0.2, 0) is 6.54 Å². The molecule has 1 aromatic rings. The Kier molecular flexibility index (Phi) is 7.02. The third-order valence-corrected chi connectivity index (χ3v) is 2.95. The second kappa shape index (κ2) is 8.27. The minimum absolute atomic E-state index is 0.0176. The first-order valence-electron chi connectivity index (χ1n) is 7.27. The number of hydrogen-bond acceptors (Lipinski definition) is 2. The van der Waals surface area contributed by atoms with Crippen LogP contribution in [0.5, 0.6) is 5.75 Å². The van der Waals surface area contributed by atoms with Crippen molar-refractivity contribution >= 4 is 0 Å². The Balaban J connectivity index is 2.52. The molecule has 0 atom stereocenters. The summed E-state index contributed by atoms with van der Waals surface area (Å²) < 4.78 is 41.8. The molecule has 21 heavy (non-hydrogen) atoms. The maximum atomic E-state index is 12.1. The molecule has 0 heterocycles. The van der Waals surface area contributed by atoms with E-state index in [-0.39, 0.29) is 13.0 Å². The lowest BCUT2D eigenvalue weighted by Crippen LogP contribution is -2.19. The van der Waals surface area contributed by atoms with Crippen molar-refractivity contribution < 1.29 is 17.9 Å². The zero-order valence-electron chi connectivity index (χ0n) is 12.9. The molecular weight excluding hydrogens is 279 g/mol. The quantitative estimate of drug-likeness (QED) is 0.716. The van der Waals surface area contributed by atoms with Gasteiger partial charge in [0.25, 0.3) is 0 Å². The van der Waals surface area contributed by atoms with Gasteiger partial charge in [-0.3, -0.25) is 0 Å². The van der Waals surface area contributed by atoms with Crippen LogP contribution in [0.1, 0.15) is 37.8 Å². The van der Waals surface area contributed by atoms with Gasteiger partial charge in [0.05, 0.1) is 6.61 Å². The summed E-state index contributed by atoms with van der Waals surface area (Å²) in [4.78, 5) is 0. The normalized spacial score (nSPS) is 12.0. The number of nitrogens with one attached hydrogen (secondary N) is 1. The lowest BCUT2D eigenvalue weighted by atomic mass is 10.1. The largest absolute Gasteiger partial charge is 0.493 e. The van der Waals surface area contributed by atoms with Crippen LogP contribution in [-0.4, -0.2) is 19.3 Å². The Morgan fingerprint density at radius 2 is 1.95 bits per heavy atom. The van der Waals surface area contributed by atoms with Crippen LogP contribution in [0.2, 0.25) is 0 Å². The van der Waals surface area contributed by atoms with Crippen molar-refractivity contribution in [2.24, 2.45) is 5.92 Å². The van der Waals surface area contributed by atoms with Crippen molar-refractivity contribution in [1.82, 2.24) is 5.32 Å². The van der Waals surface area contributed by atoms with Gasteiger partial charge in [0.1, 0.15) is 5.75 Å². The molecule has 120 valence electrons. The van der Waals surface area contributed by atoms with E-state index in [0.717, 1.165) is 17.7 Å². The summed E-state index contributed by atoms with van der Waals surface area (Å²) in [7, 11) is 0. The maximum Gasteiger partial charge on any atom is 0.389 e. The number of hydrogen-bond donors (Lipinski definition) is 1. The Morgan fingerprint density at radius 1 is 1.24 bits per heavy atom. The summed E-state index contributed by atoms with van der Waals surface area (Å²) >= 11 is 0. The van der Waals surface area contributed by atoms with E-state index in [4.69, 9.17) is 4.74 Å². The highest BCUT2D eigenvalue weighted by Crippen LogP contribution is 2.23. The smallest absolute Gasteiger partial charge is 0.389 e. The summed E-state index contributed by atoms with van der Waals surface area (Å²) in [5, 5.41) is 3.32. The van der Waals surface area contributed by atoms with Gasteiger partial charge in [0.15, 0.2) is 0 Å². The molecule has 1 aromatic carbocycles. The highest BCUT2D eigenvalue weighted by atomic mass is 19.4. The summed E-state index contributed by atoms with van der Waals surface area (Å²) in [5.41, 5.74) is 2.10. The van der Waals surface area contributed by atoms with Gasteiger partial charge in [0, 0.05) is 18.5 Å². The van der Waals surface area contributed by atoms with Crippen LogP contribution in [0.4, 0.5) is 13.2 Å². The van der Waals surface area contributed by atoms with Crippen LogP contribution in [0.15, 0.2) is 18.2 Å². The summed E-state index contributed by atoms with van der Waals surface area (Å²) in [6, 6.07) is 5.74. The van der Waals surface area contributed by atoms with Gasteiger partial charge in [-0.15, -0.1) is 0 Å². The van der Waals surface area contributed by atoms with Gasteiger partial charge >= 0.3 is 6.18 Å². The molecule has 0 radical (unpaired) electrons. The molecule has 0 aliphatic heterocycles. The number of alkyl halides is 3. The Bertz CT molecular complexity index is 430. The fourth-order valence-electron chi connectivity index (χ4n) is 1.94. The SMILES string of the molecule is Cc1ccc(OCCCC(F)(F)F)c(CNCC(C)C)c1. The maximum absolute atomic E-state index is 12.1. The predicted molar refractivity (Wildman–Crippen MR) is 78.5 cm³/mol. The van der Waals surface area contributed by atoms with E-state index in [1.807, 2.05) is 25.1 Å². The minimum Gasteiger partial charge on any atom is -0.493 e. The van der Waals surface area contributed by atoms with E-state index in [9.17, 15) is 13.2 Å². The topological polar surface area (TPSA) is 21.3 Å². The highest BCUT2D eigenvalue weighted by molar-refractivity contribution is 5.36.